The van der Waals surface area contributed by atoms with Gasteiger partial charge in [0.1, 0.15) is 0 Å². The van der Waals surface area contributed by atoms with E-state index in [1.807, 2.05) is 34.6 Å². The Balaban J connectivity index is 0. The summed E-state index contributed by atoms with van der Waals surface area (Å²) in [6.07, 6.45) is 7.23. The Kier molecular flexibility index (Phi) is 19.8. The summed E-state index contributed by atoms with van der Waals surface area (Å²) in [6.45, 7) is 34.1. The predicted octanol–water partition coefficient (Wildman–Crippen LogP) is 11.1. The van der Waals surface area contributed by atoms with E-state index in [-0.39, 0.29) is 0 Å². The summed E-state index contributed by atoms with van der Waals surface area (Å²) in [6, 6.07) is 8.39. The summed E-state index contributed by atoms with van der Waals surface area (Å²) in [7, 11) is 0. The molecule has 0 bridgehead atoms. The van der Waals surface area contributed by atoms with Crippen molar-refractivity contribution in [3.63, 3.8) is 0 Å². The van der Waals surface area contributed by atoms with E-state index >= 15 is 0 Å². The minimum atomic E-state index is -0.976. The zero-order valence-corrected chi connectivity index (χ0v) is 29.7. The van der Waals surface area contributed by atoms with Crippen molar-refractivity contribution in [3.05, 3.63) is 86.1 Å². The molecule has 1 heteroatoms. The number of aryl methyl sites for hydroxylation is 1. The van der Waals surface area contributed by atoms with Crippen LogP contribution in [-0.2, 0) is 24.6 Å². The zero-order chi connectivity index (χ0) is 26.1. The first-order valence-electron chi connectivity index (χ1n) is 13.1. The molecule has 0 nitrogen and oxygen atoms in total. The van der Waals surface area contributed by atoms with Crippen LogP contribution in [0.5, 0.6) is 0 Å². The van der Waals surface area contributed by atoms with Crippen LogP contribution in [-0.4, -0.2) is 0 Å². The molecule has 1 unspecified atom stereocenters. The number of benzene rings is 1. The largest absolute Gasteiger partial charge is 0.0683 e. The van der Waals surface area contributed by atoms with Crippen LogP contribution in [0.25, 0.3) is 5.57 Å². The molecule has 1 aromatic carbocycles. The zero-order valence-electron chi connectivity index (χ0n) is 24.2. The third-order valence-corrected chi connectivity index (χ3v) is 12.2. The number of rotatable bonds is 7. The van der Waals surface area contributed by atoms with Crippen LogP contribution in [0, 0.1) is 12.8 Å². The Morgan fingerprint density at radius 1 is 1.00 bits per heavy atom. The van der Waals surface area contributed by atoms with Crippen LogP contribution in [0.4, 0.5) is 0 Å². The van der Waals surface area contributed by atoms with E-state index in [1.165, 1.54) is 38.2 Å². The average molecular weight is 637 g/mol. The maximum absolute atomic E-state index is 4.42. The number of hydrogen-bond donors (Lipinski definition) is 0. The van der Waals surface area contributed by atoms with Gasteiger partial charge in [-0.2, -0.15) is 0 Å². The summed E-state index contributed by atoms with van der Waals surface area (Å²) in [5, 5.41) is 0. The van der Waals surface area contributed by atoms with E-state index < -0.39 is 24.6 Å². The maximum atomic E-state index is 4.42. The van der Waals surface area contributed by atoms with Gasteiger partial charge in [0.25, 0.3) is 0 Å². The summed E-state index contributed by atoms with van der Waals surface area (Å²) in [5.74, 6) is 0.647. The molecule has 0 aliphatic heterocycles. The molecule has 0 amide bonds. The van der Waals surface area contributed by atoms with E-state index in [2.05, 4.69) is 98.0 Å². The van der Waals surface area contributed by atoms with Gasteiger partial charge in [-0.3, -0.25) is 0 Å². The van der Waals surface area contributed by atoms with Crippen molar-refractivity contribution in [2.45, 2.75) is 99.4 Å². The fourth-order valence-electron chi connectivity index (χ4n) is 3.83. The van der Waals surface area contributed by atoms with Crippen LogP contribution in [0.1, 0.15) is 100 Å². The van der Waals surface area contributed by atoms with Gasteiger partial charge in [0.2, 0.25) is 0 Å². The van der Waals surface area contributed by atoms with Crippen molar-refractivity contribution in [1.29, 1.82) is 0 Å². The molecule has 1 aliphatic rings. The van der Waals surface area contributed by atoms with Gasteiger partial charge in [-0.1, -0.05) is 69.7 Å². The van der Waals surface area contributed by atoms with Gasteiger partial charge in [-0.15, -0.1) is 0 Å². The van der Waals surface area contributed by atoms with Crippen LogP contribution in [0.15, 0.2) is 74.9 Å². The van der Waals surface area contributed by atoms with Crippen molar-refractivity contribution >= 4 is 5.57 Å². The topological polar surface area (TPSA) is 0 Å². The van der Waals surface area contributed by atoms with Gasteiger partial charge in [-0.25, -0.2) is 0 Å². The van der Waals surface area contributed by atoms with Gasteiger partial charge >= 0.3 is 132 Å². The molecule has 0 fully saturated rings. The first-order chi connectivity index (χ1) is 15.6. The fraction of sp³-hybridized carbons (Fsp3) is 0.500. The standard InChI is InChI=1S/C15H21.C10H12.C3H7.2C2H6.Hg/c1-6-9-14-12(5)13(8-3)10-15(14)11(4)7-2;1-8(2)10-6-4-9(3)5-7-10;1-3-2;2*1-2;/h7,10,14H,3,6,9H2,1-2,4-5H3;4-7H,1H2,2-3H3;3H,1-2H3;2*1-2H3;/b11-7+;;;;;. The third kappa shape index (κ3) is 12.2. The number of allylic oxidation sites excluding steroid dienone is 8. The Bertz CT molecular complexity index is 797. The second kappa shape index (κ2) is 19.2. The monoisotopic (exact) mass is 638 g/mol. The molecule has 1 aromatic rings. The minimum Gasteiger partial charge on any atom is -0.0683 e. The van der Waals surface area contributed by atoms with Crippen LogP contribution in [0.3, 0.4) is 0 Å². The Morgan fingerprint density at radius 2 is 1.52 bits per heavy atom. The predicted molar refractivity (Wildman–Crippen MR) is 151 cm³/mol. The van der Waals surface area contributed by atoms with E-state index in [0.717, 1.165) is 9.00 Å². The normalized spacial score (nSPS) is 14.6. The van der Waals surface area contributed by atoms with Gasteiger partial charge in [0.15, 0.2) is 0 Å². The maximum Gasteiger partial charge on any atom is -0.0683 e. The molecule has 0 aromatic heterocycles. The first kappa shape index (κ1) is 34.0. The summed E-state index contributed by atoms with van der Waals surface area (Å²) in [4.78, 5) is 0. The van der Waals surface area contributed by atoms with Crippen molar-refractivity contribution < 1.29 is 24.6 Å². The van der Waals surface area contributed by atoms with E-state index in [9.17, 15) is 0 Å². The van der Waals surface area contributed by atoms with E-state index in [1.54, 1.807) is 11.1 Å². The van der Waals surface area contributed by atoms with Crippen LogP contribution >= 0.6 is 0 Å². The van der Waals surface area contributed by atoms with E-state index in [0.29, 0.717) is 5.92 Å². The molecule has 1 aliphatic carbocycles. The Morgan fingerprint density at radius 3 is 1.91 bits per heavy atom. The molecule has 33 heavy (non-hydrogen) atoms. The first-order valence-corrected chi connectivity index (χ1v) is 19.0. The third-order valence-electron chi connectivity index (χ3n) is 5.67. The van der Waals surface area contributed by atoms with Gasteiger partial charge < -0.3 is 0 Å². The quantitative estimate of drug-likeness (QED) is 0.261. The molecule has 0 heterocycles. The molecule has 2 rings (SSSR count). The summed E-state index contributed by atoms with van der Waals surface area (Å²) < 4.78 is 2.44. The van der Waals surface area contributed by atoms with Gasteiger partial charge in [0.05, 0.1) is 0 Å². The SMILES string of the molecule is C=C(C)c1ccc(C)cc1.C=[C]([Hg][CH](C)C)C1=C(C)C(CCC)C(/C(C)=C/C)=C1.CC.CC. The molecule has 0 saturated carbocycles. The van der Waals surface area contributed by atoms with Gasteiger partial charge in [0, 0.05) is 0 Å². The average Bonchev–Trinajstić information content (AvgIpc) is 3.13. The number of hydrogen-bond acceptors (Lipinski definition) is 0. The van der Waals surface area contributed by atoms with Crippen molar-refractivity contribution in [2.75, 3.05) is 0 Å². The molecular weight excluding hydrogens is 585 g/mol. The molecule has 0 saturated heterocycles. The second-order valence-electron chi connectivity index (χ2n) is 8.86. The molecule has 0 radical (unpaired) electrons. The Hall–Kier alpha value is -1.14. The van der Waals surface area contributed by atoms with Crippen LogP contribution < -0.4 is 0 Å². The molecule has 0 N–H and O–H groups in total. The molecule has 0 spiro atoms. The van der Waals surface area contributed by atoms with Gasteiger partial charge in [-0.05, 0) is 19.4 Å². The van der Waals surface area contributed by atoms with Crippen LogP contribution in [0.2, 0.25) is 3.43 Å². The fourth-order valence-corrected chi connectivity index (χ4v) is 10.00. The van der Waals surface area contributed by atoms with Crippen molar-refractivity contribution in [2.24, 2.45) is 5.92 Å². The van der Waals surface area contributed by atoms with Crippen molar-refractivity contribution in [3.8, 4) is 0 Å². The molecule has 182 valence electrons. The van der Waals surface area contributed by atoms with Crippen molar-refractivity contribution in [1.82, 2.24) is 0 Å². The van der Waals surface area contributed by atoms with E-state index in [4.69, 9.17) is 0 Å². The second-order valence-corrected chi connectivity index (χ2v) is 20.1. The minimum absolute atomic E-state index is 0.647. The summed E-state index contributed by atoms with van der Waals surface area (Å²) >= 11 is -0.976. The smallest absolute Gasteiger partial charge is 0.0683 e. The molecule has 1 atom stereocenters. The molecular formula is C32H52Hg. The Labute approximate surface area is 220 Å². The summed E-state index contributed by atoms with van der Waals surface area (Å²) in [5.41, 5.74) is 9.75.